The number of carbonyl (C=O) groups excluding carboxylic acids is 4. The van der Waals surface area contributed by atoms with Crippen molar-refractivity contribution in [1.82, 2.24) is 36.1 Å². The van der Waals surface area contributed by atoms with Crippen LogP contribution in [0.5, 0.6) is 0 Å². The highest BCUT2D eigenvalue weighted by atomic mass is 32.2. The lowest BCUT2D eigenvalue weighted by Gasteiger charge is -2.25. The number of likely N-dealkylation sites (N-methyl/N-ethyl adjacent to an activating group) is 1. The number of rotatable bonds is 18. The van der Waals surface area contributed by atoms with Gasteiger partial charge >= 0.3 is 0 Å². The zero-order valence-corrected chi connectivity index (χ0v) is 31.5. The molecule has 51 heavy (non-hydrogen) atoms. The molecule has 4 atom stereocenters. The second kappa shape index (κ2) is 18.5. The van der Waals surface area contributed by atoms with Gasteiger partial charge in [0, 0.05) is 56.5 Å². The largest absolute Gasteiger partial charge is 0.355 e. The molecule has 1 aromatic heterocycles. The van der Waals surface area contributed by atoms with Gasteiger partial charge in [0.15, 0.2) is 0 Å². The number of aryl methyl sites for hydroxylation is 1. The summed E-state index contributed by atoms with van der Waals surface area (Å²) in [6, 6.07) is 11.2. The predicted molar refractivity (Wildman–Crippen MR) is 198 cm³/mol. The highest BCUT2D eigenvalue weighted by molar-refractivity contribution is 7.92. The maximum Gasteiger partial charge on any atom is 0.251 e. The van der Waals surface area contributed by atoms with Crippen molar-refractivity contribution in [3.05, 3.63) is 83.4 Å². The van der Waals surface area contributed by atoms with Crippen molar-refractivity contribution >= 4 is 39.3 Å². The van der Waals surface area contributed by atoms with Crippen LogP contribution in [0.15, 0.2) is 61.1 Å². The van der Waals surface area contributed by atoms with Gasteiger partial charge in [0.1, 0.15) is 6.04 Å². The van der Waals surface area contributed by atoms with E-state index < -0.39 is 40.0 Å². The van der Waals surface area contributed by atoms with E-state index in [1.807, 2.05) is 75.7 Å². The molecule has 1 unspecified atom stereocenters. The van der Waals surface area contributed by atoms with Crippen molar-refractivity contribution in [2.75, 3.05) is 30.7 Å². The molecule has 0 radical (unpaired) electrons. The van der Waals surface area contributed by atoms with Gasteiger partial charge in [0.25, 0.3) is 11.8 Å². The lowest BCUT2D eigenvalue weighted by molar-refractivity contribution is -0.130. The molecule has 0 aliphatic rings. The monoisotopic (exact) mass is 724 g/mol. The summed E-state index contributed by atoms with van der Waals surface area (Å²) < 4.78 is 27.9. The Bertz CT molecular complexity index is 1760. The Labute approximate surface area is 301 Å². The number of hydrogen-bond donors (Lipinski definition) is 5. The van der Waals surface area contributed by atoms with E-state index in [2.05, 4.69) is 31.6 Å². The average Bonchev–Trinajstić information content (AvgIpc) is 3.55. The number of carbonyl (C=O) groups is 4. The molecule has 0 saturated carbocycles. The van der Waals surface area contributed by atoms with E-state index in [-0.39, 0.29) is 47.1 Å². The standard InChI is InChI=1S/C36H52N8O6S/c1-9-37-36(48)32(23(3)4)42-33(45)25(6)38-20-29(19-30-21-44(10-2)22-39-30)41-35(47)28-16-27(17-31(18-28)43(7)51(8,49)50)34(46)40-24(5)26-14-12-11-13-15-26/h11-18,21-25,29,32,38H,9-10,19-20H2,1-8H3,(H,37,48)(H,40,46)(H,41,47)(H,42,45)/t24-,25+,29?,32+/m1/s1. The molecule has 5 N–H and O–H groups in total. The van der Waals surface area contributed by atoms with E-state index in [4.69, 9.17) is 0 Å². The molecule has 3 rings (SSSR count). The Morgan fingerprint density at radius 2 is 1.51 bits per heavy atom. The summed E-state index contributed by atoms with van der Waals surface area (Å²) in [4.78, 5) is 57.5. The van der Waals surface area contributed by atoms with Crippen LogP contribution < -0.4 is 30.9 Å². The van der Waals surface area contributed by atoms with Crippen LogP contribution in [0.2, 0.25) is 0 Å². The van der Waals surface area contributed by atoms with Crippen molar-refractivity contribution in [2.45, 2.75) is 78.7 Å². The number of amides is 4. The molecule has 0 bridgehead atoms. The molecular formula is C36H52N8O6S. The Hall–Kier alpha value is -4.76. The molecule has 0 saturated heterocycles. The molecule has 14 nitrogen and oxygen atoms in total. The third-order valence-electron chi connectivity index (χ3n) is 8.45. The molecule has 1 heterocycles. The summed E-state index contributed by atoms with van der Waals surface area (Å²) in [5, 5.41) is 14.6. The molecule has 3 aromatic rings. The van der Waals surface area contributed by atoms with Gasteiger partial charge in [-0.05, 0) is 57.4 Å². The van der Waals surface area contributed by atoms with Gasteiger partial charge in [-0.3, -0.25) is 23.5 Å². The van der Waals surface area contributed by atoms with Gasteiger partial charge in [-0.1, -0.05) is 44.2 Å². The van der Waals surface area contributed by atoms with E-state index >= 15 is 0 Å². The Morgan fingerprint density at radius 1 is 0.882 bits per heavy atom. The molecule has 278 valence electrons. The topological polar surface area (TPSA) is 184 Å². The predicted octanol–water partition coefficient (Wildman–Crippen LogP) is 2.39. The first-order valence-corrected chi connectivity index (χ1v) is 19.0. The number of sulfonamides is 1. The number of imidazole rings is 1. The average molecular weight is 725 g/mol. The number of nitrogens with zero attached hydrogens (tertiary/aromatic N) is 3. The van der Waals surface area contributed by atoms with Crippen LogP contribution in [0.25, 0.3) is 0 Å². The normalized spacial score (nSPS) is 13.8. The number of aromatic nitrogens is 2. The molecule has 2 aromatic carbocycles. The Morgan fingerprint density at radius 3 is 2.06 bits per heavy atom. The lowest BCUT2D eigenvalue weighted by atomic mass is 10.0. The molecule has 0 spiro atoms. The minimum atomic E-state index is -3.73. The van der Waals surface area contributed by atoms with E-state index in [1.54, 1.807) is 13.3 Å². The van der Waals surface area contributed by atoms with Crippen LogP contribution >= 0.6 is 0 Å². The van der Waals surface area contributed by atoms with Crippen LogP contribution in [-0.2, 0) is 32.6 Å². The first-order valence-electron chi connectivity index (χ1n) is 17.1. The number of benzene rings is 2. The Balaban J connectivity index is 1.88. The van der Waals surface area contributed by atoms with Crippen LogP contribution in [0.4, 0.5) is 5.69 Å². The second-order valence-electron chi connectivity index (χ2n) is 12.9. The van der Waals surface area contributed by atoms with Crippen LogP contribution in [0.3, 0.4) is 0 Å². The number of hydrogen-bond acceptors (Lipinski definition) is 8. The third kappa shape index (κ3) is 11.9. The minimum absolute atomic E-state index is 0.0668. The van der Waals surface area contributed by atoms with Gasteiger partial charge in [-0.15, -0.1) is 0 Å². The quantitative estimate of drug-likeness (QED) is 0.133. The maximum atomic E-state index is 13.9. The molecular weight excluding hydrogens is 673 g/mol. The summed E-state index contributed by atoms with van der Waals surface area (Å²) >= 11 is 0. The van der Waals surface area contributed by atoms with Gasteiger partial charge in [-0.2, -0.15) is 0 Å². The Kier molecular flexibility index (Phi) is 14.7. The number of nitrogens with one attached hydrogen (secondary N) is 5. The molecule has 4 amide bonds. The summed E-state index contributed by atoms with van der Waals surface area (Å²) in [7, 11) is -2.39. The van der Waals surface area contributed by atoms with Crippen LogP contribution in [0, 0.1) is 5.92 Å². The van der Waals surface area contributed by atoms with Crippen molar-refractivity contribution in [3.63, 3.8) is 0 Å². The van der Waals surface area contributed by atoms with Crippen molar-refractivity contribution in [1.29, 1.82) is 0 Å². The van der Waals surface area contributed by atoms with Gasteiger partial charge in [0.05, 0.1) is 36.0 Å². The van der Waals surface area contributed by atoms with Gasteiger partial charge in [0.2, 0.25) is 21.8 Å². The number of anilines is 1. The lowest BCUT2D eigenvalue weighted by Crippen LogP contribution is -2.55. The molecule has 15 heteroatoms. The summed E-state index contributed by atoms with van der Waals surface area (Å²) in [5.74, 6) is -1.83. The highest BCUT2D eigenvalue weighted by Crippen LogP contribution is 2.22. The van der Waals surface area contributed by atoms with Gasteiger partial charge in [-0.25, -0.2) is 13.4 Å². The SMILES string of the molecule is CCNC(=O)[C@@H](NC(=O)[C@H](C)NCC(Cc1cn(CC)cn1)NC(=O)c1cc(C(=O)N[C@H](C)c2ccccc2)cc(N(C)S(C)(=O)=O)c1)C(C)C. The fourth-order valence-corrected chi connectivity index (χ4v) is 5.73. The summed E-state index contributed by atoms with van der Waals surface area (Å²) in [6.45, 7) is 12.3. The molecule has 0 aliphatic carbocycles. The van der Waals surface area contributed by atoms with E-state index in [0.717, 1.165) is 16.1 Å². The van der Waals surface area contributed by atoms with Crippen molar-refractivity contribution in [3.8, 4) is 0 Å². The zero-order valence-electron chi connectivity index (χ0n) is 30.7. The molecule has 0 fully saturated rings. The van der Waals surface area contributed by atoms with Crippen molar-refractivity contribution < 1.29 is 27.6 Å². The first kappa shape index (κ1) is 40.7. The first-order chi connectivity index (χ1) is 24.0. The smallest absolute Gasteiger partial charge is 0.251 e. The maximum absolute atomic E-state index is 13.9. The molecule has 0 aliphatic heterocycles. The third-order valence-corrected chi connectivity index (χ3v) is 9.66. The zero-order chi connectivity index (χ0) is 37.9. The fourth-order valence-electron chi connectivity index (χ4n) is 5.24. The summed E-state index contributed by atoms with van der Waals surface area (Å²) in [6.07, 6.45) is 4.90. The fraction of sp³-hybridized carbons (Fsp3) is 0.472. The highest BCUT2D eigenvalue weighted by Gasteiger charge is 2.27. The van der Waals surface area contributed by atoms with Crippen LogP contribution in [0.1, 0.15) is 79.6 Å². The van der Waals surface area contributed by atoms with E-state index in [0.29, 0.717) is 25.2 Å². The van der Waals surface area contributed by atoms with Gasteiger partial charge < -0.3 is 31.2 Å². The van der Waals surface area contributed by atoms with E-state index in [9.17, 15) is 27.6 Å². The van der Waals surface area contributed by atoms with Crippen LogP contribution in [-0.4, -0.2) is 86.1 Å². The summed E-state index contributed by atoms with van der Waals surface area (Å²) in [5.41, 5.74) is 1.89. The second-order valence-corrected chi connectivity index (χ2v) is 14.9. The van der Waals surface area contributed by atoms with E-state index in [1.165, 1.54) is 25.2 Å². The minimum Gasteiger partial charge on any atom is -0.355 e. The van der Waals surface area contributed by atoms with Crippen molar-refractivity contribution in [2.24, 2.45) is 5.92 Å².